The van der Waals surface area contributed by atoms with E-state index in [1.807, 2.05) is 0 Å². The van der Waals surface area contributed by atoms with Crippen LogP contribution in [0.2, 0.25) is 0 Å². The lowest BCUT2D eigenvalue weighted by Crippen LogP contribution is -2.41. The van der Waals surface area contributed by atoms with Crippen LogP contribution in [0.1, 0.15) is 32.6 Å². The molecule has 2 rings (SSSR count). The van der Waals surface area contributed by atoms with Crippen molar-refractivity contribution in [2.45, 2.75) is 38.2 Å². The minimum absolute atomic E-state index is 0.288. The molecular formula is C10H18N4OS. The molecule has 1 heterocycles. The van der Waals surface area contributed by atoms with E-state index in [9.17, 15) is 5.11 Å². The number of hydrogen-bond acceptors (Lipinski definition) is 6. The van der Waals surface area contributed by atoms with E-state index >= 15 is 0 Å². The molecular weight excluding hydrogens is 224 g/mol. The lowest BCUT2D eigenvalue weighted by Gasteiger charge is -2.35. The zero-order valence-corrected chi connectivity index (χ0v) is 10.3. The van der Waals surface area contributed by atoms with E-state index in [0.29, 0.717) is 17.6 Å². The Kier molecular flexibility index (Phi) is 3.30. The van der Waals surface area contributed by atoms with Crippen molar-refractivity contribution in [3.63, 3.8) is 0 Å². The number of nitrogen functional groups attached to an aromatic ring is 1. The van der Waals surface area contributed by atoms with Gasteiger partial charge in [-0.15, -0.1) is 0 Å². The average Bonchev–Trinajstić information content (AvgIpc) is 2.61. The van der Waals surface area contributed by atoms with Crippen LogP contribution in [0.15, 0.2) is 0 Å². The fraction of sp³-hybridized carbons (Fsp3) is 0.800. The van der Waals surface area contributed by atoms with Crippen molar-refractivity contribution in [2.24, 2.45) is 5.92 Å². The molecule has 2 unspecified atom stereocenters. The van der Waals surface area contributed by atoms with Gasteiger partial charge >= 0.3 is 0 Å². The van der Waals surface area contributed by atoms with E-state index in [0.717, 1.165) is 19.3 Å². The summed E-state index contributed by atoms with van der Waals surface area (Å²) in [7, 11) is 0. The standard InChI is InChI=1S/C10H18N4OS/c1-7-3-2-4-10(15,5-7)6-12-9-13-8(11)14-16-9/h7,15H,2-6H2,1H3,(H3,11,12,13,14). The Morgan fingerprint density at radius 2 is 2.50 bits per heavy atom. The second kappa shape index (κ2) is 4.55. The van der Waals surface area contributed by atoms with Crippen LogP contribution in [-0.4, -0.2) is 26.6 Å². The first kappa shape index (κ1) is 11.6. The maximum absolute atomic E-state index is 10.4. The molecule has 16 heavy (non-hydrogen) atoms. The lowest BCUT2D eigenvalue weighted by molar-refractivity contribution is -0.000763. The Morgan fingerprint density at radius 1 is 1.69 bits per heavy atom. The molecule has 0 aromatic carbocycles. The highest BCUT2D eigenvalue weighted by molar-refractivity contribution is 7.09. The minimum Gasteiger partial charge on any atom is -0.388 e. The van der Waals surface area contributed by atoms with Crippen LogP contribution in [-0.2, 0) is 0 Å². The number of nitrogens with one attached hydrogen (secondary N) is 1. The van der Waals surface area contributed by atoms with Crippen LogP contribution in [0, 0.1) is 5.92 Å². The van der Waals surface area contributed by atoms with E-state index in [4.69, 9.17) is 5.73 Å². The Hall–Kier alpha value is -0.880. The van der Waals surface area contributed by atoms with Gasteiger partial charge in [0.05, 0.1) is 5.60 Å². The van der Waals surface area contributed by atoms with Gasteiger partial charge in [-0.3, -0.25) is 0 Å². The first-order valence-electron chi connectivity index (χ1n) is 5.63. The van der Waals surface area contributed by atoms with Crippen LogP contribution >= 0.6 is 11.5 Å². The van der Waals surface area contributed by atoms with Gasteiger partial charge in [0.25, 0.3) is 0 Å². The topological polar surface area (TPSA) is 84.1 Å². The molecule has 1 aliphatic rings. The number of aromatic nitrogens is 2. The van der Waals surface area contributed by atoms with Crippen molar-refractivity contribution in [3.05, 3.63) is 0 Å². The molecule has 2 atom stereocenters. The second-order valence-corrected chi connectivity index (χ2v) is 5.49. The maximum atomic E-state index is 10.4. The molecule has 1 saturated carbocycles. The Morgan fingerprint density at radius 3 is 3.12 bits per heavy atom. The van der Waals surface area contributed by atoms with Crippen LogP contribution in [0.3, 0.4) is 0 Å². The summed E-state index contributed by atoms with van der Waals surface area (Å²) < 4.78 is 3.88. The highest BCUT2D eigenvalue weighted by atomic mass is 32.1. The number of rotatable bonds is 3. The van der Waals surface area contributed by atoms with Crippen molar-refractivity contribution in [1.82, 2.24) is 9.36 Å². The number of nitrogens with zero attached hydrogens (tertiary/aromatic N) is 2. The molecule has 0 amide bonds. The fourth-order valence-electron chi connectivity index (χ4n) is 2.34. The Labute approximate surface area is 99.2 Å². The molecule has 1 aliphatic carbocycles. The first-order valence-corrected chi connectivity index (χ1v) is 6.40. The van der Waals surface area contributed by atoms with E-state index in [1.54, 1.807) is 0 Å². The SMILES string of the molecule is CC1CCCC(O)(CNc2nc(N)ns2)C1. The van der Waals surface area contributed by atoms with Gasteiger partial charge in [0.1, 0.15) is 0 Å². The van der Waals surface area contributed by atoms with Gasteiger partial charge in [-0.05, 0) is 18.8 Å². The monoisotopic (exact) mass is 242 g/mol. The molecule has 0 saturated heterocycles. The van der Waals surface area contributed by atoms with Crippen LogP contribution in [0.4, 0.5) is 11.1 Å². The highest BCUT2D eigenvalue weighted by Crippen LogP contribution is 2.32. The van der Waals surface area contributed by atoms with Gasteiger partial charge < -0.3 is 16.2 Å². The molecule has 1 aromatic heterocycles. The predicted octanol–water partition coefficient (Wildman–Crippen LogP) is 1.47. The molecule has 4 N–H and O–H groups in total. The number of hydrogen-bond donors (Lipinski definition) is 3. The van der Waals surface area contributed by atoms with Crippen molar-refractivity contribution in [3.8, 4) is 0 Å². The minimum atomic E-state index is -0.599. The third-order valence-electron chi connectivity index (χ3n) is 3.08. The summed E-state index contributed by atoms with van der Waals surface area (Å²) in [4.78, 5) is 4.01. The maximum Gasteiger partial charge on any atom is 0.233 e. The molecule has 0 aliphatic heterocycles. The first-order chi connectivity index (χ1) is 7.57. The van der Waals surface area contributed by atoms with Crippen molar-refractivity contribution >= 4 is 22.6 Å². The van der Waals surface area contributed by atoms with Gasteiger partial charge in [-0.2, -0.15) is 9.36 Å². The van der Waals surface area contributed by atoms with Gasteiger partial charge in [-0.1, -0.05) is 19.8 Å². The summed E-state index contributed by atoms with van der Waals surface area (Å²) in [5.74, 6) is 0.886. The zero-order valence-electron chi connectivity index (χ0n) is 9.44. The third kappa shape index (κ3) is 2.82. The Balaban J connectivity index is 1.88. The van der Waals surface area contributed by atoms with Crippen molar-refractivity contribution in [2.75, 3.05) is 17.6 Å². The number of nitrogens with two attached hydrogens (primary N) is 1. The molecule has 0 spiro atoms. The number of anilines is 2. The van der Waals surface area contributed by atoms with Crippen LogP contribution in [0.25, 0.3) is 0 Å². The van der Waals surface area contributed by atoms with E-state index in [-0.39, 0.29) is 5.95 Å². The van der Waals surface area contributed by atoms with Gasteiger partial charge in [0, 0.05) is 18.1 Å². The quantitative estimate of drug-likeness (QED) is 0.747. The Bertz CT molecular complexity index is 356. The summed E-state index contributed by atoms with van der Waals surface area (Å²) in [5.41, 5.74) is 4.83. The molecule has 1 aromatic rings. The van der Waals surface area contributed by atoms with E-state index in [2.05, 4.69) is 21.6 Å². The van der Waals surface area contributed by atoms with Crippen LogP contribution in [0.5, 0.6) is 0 Å². The predicted molar refractivity (Wildman–Crippen MR) is 65.4 cm³/mol. The number of aliphatic hydroxyl groups is 1. The molecule has 6 heteroatoms. The van der Waals surface area contributed by atoms with Crippen molar-refractivity contribution < 1.29 is 5.11 Å². The van der Waals surface area contributed by atoms with Gasteiger partial charge in [0.15, 0.2) is 0 Å². The van der Waals surface area contributed by atoms with E-state index < -0.39 is 5.60 Å². The molecule has 0 radical (unpaired) electrons. The average molecular weight is 242 g/mol. The fourth-order valence-corrected chi connectivity index (χ4v) is 2.83. The van der Waals surface area contributed by atoms with Crippen LogP contribution < -0.4 is 11.1 Å². The van der Waals surface area contributed by atoms with Gasteiger partial charge in [0.2, 0.25) is 11.1 Å². The van der Waals surface area contributed by atoms with Gasteiger partial charge in [-0.25, -0.2) is 0 Å². The highest BCUT2D eigenvalue weighted by Gasteiger charge is 2.32. The summed E-state index contributed by atoms with van der Waals surface area (Å²) >= 11 is 1.23. The summed E-state index contributed by atoms with van der Waals surface area (Å²) in [6.45, 7) is 2.72. The summed E-state index contributed by atoms with van der Waals surface area (Å²) in [6, 6.07) is 0. The molecule has 0 bridgehead atoms. The largest absolute Gasteiger partial charge is 0.388 e. The van der Waals surface area contributed by atoms with E-state index in [1.165, 1.54) is 18.0 Å². The molecule has 5 nitrogen and oxygen atoms in total. The molecule has 1 fully saturated rings. The molecule has 90 valence electrons. The second-order valence-electron chi connectivity index (χ2n) is 4.74. The normalized spacial score (nSPS) is 30.2. The zero-order chi connectivity index (χ0) is 11.6. The summed E-state index contributed by atoms with van der Waals surface area (Å²) in [6.07, 6.45) is 4.03. The smallest absolute Gasteiger partial charge is 0.233 e. The third-order valence-corrected chi connectivity index (χ3v) is 3.76. The lowest BCUT2D eigenvalue weighted by atomic mass is 9.79. The van der Waals surface area contributed by atoms with Crippen molar-refractivity contribution in [1.29, 1.82) is 0 Å². The summed E-state index contributed by atoms with van der Waals surface area (Å²) in [5, 5.41) is 14.2.